The van der Waals surface area contributed by atoms with Gasteiger partial charge in [-0.15, -0.1) is 0 Å². The molecule has 1 aromatic heterocycles. The standard InChI is InChI=1S/C17H23N3O/c1-2-20-14-18-12-16(20)13-19-10-8-17(21,9-11-19)15-6-4-3-5-7-15/h3-7,12,14,21H,2,8-11,13H2,1H3. The van der Waals surface area contributed by atoms with Gasteiger partial charge in [0.05, 0.1) is 17.6 Å². The third-order valence-electron chi connectivity index (χ3n) is 4.52. The van der Waals surface area contributed by atoms with Crippen molar-refractivity contribution in [2.45, 2.75) is 38.5 Å². The molecule has 1 fully saturated rings. The maximum absolute atomic E-state index is 10.8. The summed E-state index contributed by atoms with van der Waals surface area (Å²) in [4.78, 5) is 6.62. The minimum Gasteiger partial charge on any atom is -0.385 e. The van der Waals surface area contributed by atoms with E-state index in [2.05, 4.69) is 21.4 Å². The molecule has 112 valence electrons. The van der Waals surface area contributed by atoms with Gasteiger partial charge in [-0.25, -0.2) is 4.98 Å². The van der Waals surface area contributed by atoms with Crippen LogP contribution in [-0.4, -0.2) is 32.6 Å². The number of benzene rings is 1. The third kappa shape index (κ3) is 3.01. The summed E-state index contributed by atoms with van der Waals surface area (Å²) >= 11 is 0. The zero-order valence-electron chi connectivity index (χ0n) is 12.6. The first-order valence-electron chi connectivity index (χ1n) is 7.70. The molecule has 2 heterocycles. The van der Waals surface area contributed by atoms with E-state index in [1.807, 2.05) is 42.9 Å². The van der Waals surface area contributed by atoms with Crippen LogP contribution in [-0.2, 0) is 18.7 Å². The van der Waals surface area contributed by atoms with Gasteiger partial charge in [0.15, 0.2) is 0 Å². The summed E-state index contributed by atoms with van der Waals surface area (Å²) in [7, 11) is 0. The Kier molecular flexibility index (Phi) is 4.08. The van der Waals surface area contributed by atoms with Gasteiger partial charge in [0.25, 0.3) is 0 Å². The Labute approximate surface area is 126 Å². The molecule has 0 spiro atoms. The van der Waals surface area contributed by atoms with E-state index < -0.39 is 5.60 Å². The highest BCUT2D eigenvalue weighted by Crippen LogP contribution is 2.32. The summed E-state index contributed by atoms with van der Waals surface area (Å²) < 4.78 is 2.18. The van der Waals surface area contributed by atoms with Crippen LogP contribution in [0.5, 0.6) is 0 Å². The zero-order chi connectivity index (χ0) is 14.7. The van der Waals surface area contributed by atoms with Gasteiger partial charge in [-0.3, -0.25) is 4.90 Å². The molecule has 0 atom stereocenters. The third-order valence-corrected chi connectivity index (χ3v) is 4.52. The average Bonchev–Trinajstić information content (AvgIpc) is 2.98. The predicted octanol–water partition coefficient (Wildman–Crippen LogP) is 2.39. The SMILES string of the molecule is CCn1cncc1CN1CCC(O)(c2ccccc2)CC1. The number of aliphatic hydroxyl groups is 1. The number of imidazole rings is 1. The van der Waals surface area contributed by atoms with Gasteiger partial charge in [-0.1, -0.05) is 30.3 Å². The lowest BCUT2D eigenvalue weighted by Gasteiger charge is -2.38. The monoisotopic (exact) mass is 285 g/mol. The van der Waals surface area contributed by atoms with Crippen molar-refractivity contribution in [3.63, 3.8) is 0 Å². The summed E-state index contributed by atoms with van der Waals surface area (Å²) in [6, 6.07) is 10.1. The molecular formula is C17H23N3O. The first-order chi connectivity index (χ1) is 10.2. The van der Waals surface area contributed by atoms with Gasteiger partial charge in [-0.05, 0) is 25.3 Å². The molecule has 0 unspecified atom stereocenters. The van der Waals surface area contributed by atoms with Crippen LogP contribution in [0.4, 0.5) is 0 Å². The zero-order valence-corrected chi connectivity index (χ0v) is 12.6. The quantitative estimate of drug-likeness (QED) is 0.938. The highest BCUT2D eigenvalue weighted by atomic mass is 16.3. The van der Waals surface area contributed by atoms with E-state index in [1.165, 1.54) is 5.69 Å². The Morgan fingerprint density at radius 2 is 1.90 bits per heavy atom. The van der Waals surface area contributed by atoms with Crippen LogP contribution in [0.1, 0.15) is 31.0 Å². The van der Waals surface area contributed by atoms with Gasteiger partial charge in [-0.2, -0.15) is 0 Å². The van der Waals surface area contributed by atoms with Crippen LogP contribution in [0.25, 0.3) is 0 Å². The molecule has 0 bridgehead atoms. The molecule has 1 aromatic carbocycles. The molecule has 0 saturated carbocycles. The van der Waals surface area contributed by atoms with Crippen molar-refractivity contribution in [2.75, 3.05) is 13.1 Å². The first kappa shape index (κ1) is 14.3. The maximum atomic E-state index is 10.8. The van der Waals surface area contributed by atoms with Crippen LogP contribution in [0.2, 0.25) is 0 Å². The smallest absolute Gasteiger partial charge is 0.0948 e. The summed E-state index contributed by atoms with van der Waals surface area (Å²) in [5.74, 6) is 0. The Balaban J connectivity index is 1.63. The summed E-state index contributed by atoms with van der Waals surface area (Å²) in [5.41, 5.74) is 1.63. The number of nitrogens with zero attached hydrogens (tertiary/aromatic N) is 3. The summed E-state index contributed by atoms with van der Waals surface area (Å²) in [6.45, 7) is 5.84. The molecule has 4 heteroatoms. The van der Waals surface area contributed by atoms with E-state index in [1.54, 1.807) is 0 Å². The van der Waals surface area contributed by atoms with E-state index in [9.17, 15) is 5.11 Å². The lowest BCUT2D eigenvalue weighted by atomic mass is 9.84. The molecule has 21 heavy (non-hydrogen) atoms. The van der Waals surface area contributed by atoms with Gasteiger partial charge < -0.3 is 9.67 Å². The molecule has 1 saturated heterocycles. The molecule has 1 aliphatic rings. The molecule has 1 N–H and O–H groups in total. The molecule has 0 amide bonds. The lowest BCUT2D eigenvalue weighted by molar-refractivity contribution is -0.0281. The van der Waals surface area contributed by atoms with Gasteiger partial charge >= 0.3 is 0 Å². The molecule has 2 aromatic rings. The van der Waals surface area contributed by atoms with Crippen LogP contribution in [0.3, 0.4) is 0 Å². The molecule has 0 aliphatic carbocycles. The number of hydrogen-bond acceptors (Lipinski definition) is 3. The maximum Gasteiger partial charge on any atom is 0.0948 e. The Hall–Kier alpha value is -1.65. The highest BCUT2D eigenvalue weighted by Gasteiger charge is 2.33. The van der Waals surface area contributed by atoms with Crippen molar-refractivity contribution in [2.24, 2.45) is 0 Å². The minimum absolute atomic E-state index is 0.664. The van der Waals surface area contributed by atoms with E-state index in [4.69, 9.17) is 0 Å². The van der Waals surface area contributed by atoms with Gasteiger partial charge in [0.1, 0.15) is 0 Å². The fraction of sp³-hybridized carbons (Fsp3) is 0.471. The Bertz CT molecular complexity index is 571. The Morgan fingerprint density at radius 1 is 1.19 bits per heavy atom. The van der Waals surface area contributed by atoms with E-state index >= 15 is 0 Å². The molecule has 3 rings (SSSR count). The fourth-order valence-corrected chi connectivity index (χ4v) is 3.11. The van der Waals surface area contributed by atoms with Gasteiger partial charge in [0, 0.05) is 32.4 Å². The molecule has 1 aliphatic heterocycles. The first-order valence-corrected chi connectivity index (χ1v) is 7.70. The second-order valence-electron chi connectivity index (χ2n) is 5.84. The molecule has 0 radical (unpaired) electrons. The van der Waals surface area contributed by atoms with E-state index in [0.29, 0.717) is 0 Å². The largest absolute Gasteiger partial charge is 0.385 e. The molecule has 4 nitrogen and oxygen atoms in total. The second-order valence-corrected chi connectivity index (χ2v) is 5.84. The van der Waals surface area contributed by atoms with Crippen molar-refractivity contribution in [3.05, 3.63) is 54.1 Å². The number of piperidine rings is 1. The van der Waals surface area contributed by atoms with Crippen molar-refractivity contribution in [3.8, 4) is 0 Å². The van der Waals surface area contributed by atoms with Crippen molar-refractivity contribution < 1.29 is 5.11 Å². The van der Waals surface area contributed by atoms with Crippen molar-refractivity contribution in [1.29, 1.82) is 0 Å². The van der Waals surface area contributed by atoms with Crippen LogP contribution < -0.4 is 0 Å². The fourth-order valence-electron chi connectivity index (χ4n) is 3.11. The predicted molar refractivity (Wildman–Crippen MR) is 82.8 cm³/mol. The van der Waals surface area contributed by atoms with Crippen molar-refractivity contribution in [1.82, 2.24) is 14.5 Å². The van der Waals surface area contributed by atoms with Crippen molar-refractivity contribution >= 4 is 0 Å². The lowest BCUT2D eigenvalue weighted by Crippen LogP contribution is -2.42. The number of aryl methyl sites for hydroxylation is 1. The number of aromatic nitrogens is 2. The topological polar surface area (TPSA) is 41.3 Å². The van der Waals surface area contributed by atoms with Crippen LogP contribution in [0, 0.1) is 0 Å². The number of rotatable bonds is 4. The normalized spacial score (nSPS) is 18.8. The Morgan fingerprint density at radius 3 is 2.57 bits per heavy atom. The second kappa shape index (κ2) is 6.00. The number of hydrogen-bond donors (Lipinski definition) is 1. The average molecular weight is 285 g/mol. The minimum atomic E-state index is -0.664. The van der Waals surface area contributed by atoms with E-state index in [0.717, 1.165) is 44.6 Å². The summed E-state index contributed by atoms with van der Waals surface area (Å²) in [6.07, 6.45) is 5.41. The molecular weight excluding hydrogens is 262 g/mol. The van der Waals surface area contributed by atoms with Crippen LogP contribution >= 0.6 is 0 Å². The summed E-state index contributed by atoms with van der Waals surface area (Å²) in [5, 5.41) is 10.8. The van der Waals surface area contributed by atoms with E-state index in [-0.39, 0.29) is 0 Å². The number of likely N-dealkylation sites (tertiary alicyclic amines) is 1. The van der Waals surface area contributed by atoms with Gasteiger partial charge in [0.2, 0.25) is 0 Å². The highest BCUT2D eigenvalue weighted by molar-refractivity contribution is 5.23. The van der Waals surface area contributed by atoms with Crippen LogP contribution in [0.15, 0.2) is 42.9 Å².